The number of halogens is 1. The number of nitrogens with two attached hydrogens (primary N) is 1. The Hall–Kier alpha value is -0.860. The van der Waals surface area contributed by atoms with E-state index >= 15 is 0 Å². The molecule has 3 N–H and O–H groups in total. The van der Waals surface area contributed by atoms with E-state index in [0.29, 0.717) is 12.5 Å². The third-order valence-corrected chi connectivity index (χ3v) is 4.04. The lowest BCUT2D eigenvalue weighted by atomic mass is 10.1. The van der Waals surface area contributed by atoms with Crippen molar-refractivity contribution in [1.82, 2.24) is 10.2 Å². The Labute approximate surface area is 163 Å². The van der Waals surface area contributed by atoms with Gasteiger partial charge < -0.3 is 15.8 Å². The highest BCUT2D eigenvalue weighted by molar-refractivity contribution is 14.0. The largest absolute Gasteiger partial charge is 0.382 e. The molecule has 1 fully saturated rings. The van der Waals surface area contributed by atoms with Gasteiger partial charge in [0.05, 0.1) is 6.54 Å². The molecule has 1 saturated heterocycles. The molecule has 0 aliphatic carbocycles. The first kappa shape index (κ1) is 21.2. The van der Waals surface area contributed by atoms with Crippen LogP contribution >= 0.6 is 24.0 Å². The number of rotatable bonds is 9. The number of benzene rings is 1. The summed E-state index contributed by atoms with van der Waals surface area (Å²) in [5, 5.41) is 3.11. The fraction of sp³-hybridized carbons (Fsp3) is 0.611. The van der Waals surface area contributed by atoms with Gasteiger partial charge in [-0.15, -0.1) is 24.0 Å². The predicted molar refractivity (Wildman–Crippen MR) is 111 cm³/mol. The topological polar surface area (TPSA) is 62.9 Å². The Morgan fingerprint density at radius 2 is 1.88 bits per heavy atom. The Morgan fingerprint density at radius 1 is 1.21 bits per heavy atom. The van der Waals surface area contributed by atoms with Gasteiger partial charge in [-0.1, -0.05) is 24.3 Å². The number of nitrogens with zero attached hydrogens (tertiary/aromatic N) is 2. The van der Waals surface area contributed by atoms with Crippen LogP contribution in [0.25, 0.3) is 0 Å². The van der Waals surface area contributed by atoms with Crippen LogP contribution in [-0.4, -0.2) is 43.7 Å². The van der Waals surface area contributed by atoms with Gasteiger partial charge in [0.2, 0.25) is 0 Å². The second-order valence-electron chi connectivity index (χ2n) is 5.98. The standard InChI is InChI=1S/C18H30N4O.HI/c1-2-23-13-5-10-20-18(19)21-14-16-6-8-17(9-7-16)15-22-11-3-4-12-22;/h6-9H,2-5,10-15H2,1H3,(H3,19,20,21);1H. The van der Waals surface area contributed by atoms with Crippen LogP contribution in [0.5, 0.6) is 0 Å². The van der Waals surface area contributed by atoms with Crippen molar-refractivity contribution in [3.8, 4) is 0 Å². The summed E-state index contributed by atoms with van der Waals surface area (Å²) in [5.41, 5.74) is 8.43. The van der Waals surface area contributed by atoms with Gasteiger partial charge in [-0.05, 0) is 50.4 Å². The maximum Gasteiger partial charge on any atom is 0.188 e. The summed E-state index contributed by atoms with van der Waals surface area (Å²) >= 11 is 0. The van der Waals surface area contributed by atoms with Crippen molar-refractivity contribution >= 4 is 29.9 Å². The molecule has 1 heterocycles. The minimum absolute atomic E-state index is 0. The molecule has 1 aromatic rings. The molecule has 2 rings (SSSR count). The van der Waals surface area contributed by atoms with Gasteiger partial charge in [0.1, 0.15) is 0 Å². The highest BCUT2D eigenvalue weighted by Crippen LogP contribution is 2.13. The van der Waals surface area contributed by atoms with Crippen LogP contribution in [0.15, 0.2) is 29.3 Å². The number of aliphatic imine (C=N–C) groups is 1. The molecule has 0 saturated carbocycles. The summed E-state index contributed by atoms with van der Waals surface area (Å²) < 4.78 is 5.28. The van der Waals surface area contributed by atoms with Crippen LogP contribution in [0.4, 0.5) is 0 Å². The van der Waals surface area contributed by atoms with Gasteiger partial charge in [-0.2, -0.15) is 0 Å². The van der Waals surface area contributed by atoms with Crippen molar-refractivity contribution in [3.63, 3.8) is 0 Å². The van der Waals surface area contributed by atoms with Crippen LogP contribution < -0.4 is 11.1 Å². The first-order chi connectivity index (χ1) is 11.3. The molecule has 1 aromatic carbocycles. The molecule has 24 heavy (non-hydrogen) atoms. The molecule has 0 spiro atoms. The number of ether oxygens (including phenoxy) is 1. The molecule has 0 atom stereocenters. The van der Waals surface area contributed by atoms with Crippen LogP contribution in [-0.2, 0) is 17.8 Å². The van der Waals surface area contributed by atoms with Crippen molar-refractivity contribution < 1.29 is 4.74 Å². The number of hydrogen-bond donors (Lipinski definition) is 2. The maximum atomic E-state index is 5.87. The van der Waals surface area contributed by atoms with Crippen molar-refractivity contribution in [2.75, 3.05) is 32.8 Å². The maximum absolute atomic E-state index is 5.87. The second kappa shape index (κ2) is 12.5. The van der Waals surface area contributed by atoms with Gasteiger partial charge >= 0.3 is 0 Å². The number of likely N-dealkylation sites (tertiary alicyclic amines) is 1. The molecule has 136 valence electrons. The zero-order valence-corrected chi connectivity index (χ0v) is 17.0. The zero-order valence-electron chi connectivity index (χ0n) is 14.7. The lowest BCUT2D eigenvalue weighted by Crippen LogP contribution is -2.32. The van der Waals surface area contributed by atoms with Crippen LogP contribution in [0, 0.1) is 0 Å². The predicted octanol–water partition coefficient (Wildman–Crippen LogP) is 2.73. The summed E-state index contributed by atoms with van der Waals surface area (Å²) in [7, 11) is 0. The molecule has 0 aromatic heterocycles. The average molecular weight is 446 g/mol. The summed E-state index contributed by atoms with van der Waals surface area (Å²) in [4.78, 5) is 6.89. The molecule has 0 bridgehead atoms. The Kier molecular flexibility index (Phi) is 11.0. The highest BCUT2D eigenvalue weighted by Gasteiger charge is 2.11. The van der Waals surface area contributed by atoms with Crippen molar-refractivity contribution in [2.45, 2.75) is 39.3 Å². The van der Waals surface area contributed by atoms with Gasteiger partial charge in [0.25, 0.3) is 0 Å². The normalized spacial score (nSPS) is 15.3. The van der Waals surface area contributed by atoms with Crippen LogP contribution in [0.3, 0.4) is 0 Å². The smallest absolute Gasteiger partial charge is 0.188 e. The lowest BCUT2D eigenvalue weighted by molar-refractivity contribution is 0.145. The van der Waals surface area contributed by atoms with E-state index in [9.17, 15) is 0 Å². The van der Waals surface area contributed by atoms with Gasteiger partial charge in [0.15, 0.2) is 5.96 Å². The van der Waals surface area contributed by atoms with E-state index in [1.54, 1.807) is 0 Å². The molecule has 6 heteroatoms. The third kappa shape index (κ3) is 8.30. The SMILES string of the molecule is CCOCCCNC(N)=NCc1ccc(CN2CCCC2)cc1.I. The second-order valence-corrected chi connectivity index (χ2v) is 5.98. The molecule has 0 radical (unpaired) electrons. The molecule has 0 amide bonds. The summed E-state index contributed by atoms with van der Waals surface area (Å²) in [6.07, 6.45) is 3.61. The van der Waals surface area contributed by atoms with Crippen LogP contribution in [0.1, 0.15) is 37.3 Å². The van der Waals surface area contributed by atoms with Crippen LogP contribution in [0.2, 0.25) is 0 Å². The Bertz CT molecular complexity index is 472. The zero-order chi connectivity index (χ0) is 16.3. The quantitative estimate of drug-likeness (QED) is 0.265. The van der Waals surface area contributed by atoms with Gasteiger partial charge in [-0.25, -0.2) is 4.99 Å². The first-order valence-electron chi connectivity index (χ1n) is 8.69. The molecule has 1 aliphatic rings. The fourth-order valence-electron chi connectivity index (χ4n) is 2.72. The van der Waals surface area contributed by atoms with E-state index in [0.717, 1.165) is 32.7 Å². The summed E-state index contributed by atoms with van der Waals surface area (Å²) in [6.45, 7) is 8.47. The number of nitrogens with one attached hydrogen (secondary N) is 1. The van der Waals surface area contributed by atoms with E-state index in [1.807, 2.05) is 6.92 Å². The molecular formula is C18H31IN4O. The van der Waals surface area contributed by atoms with E-state index in [4.69, 9.17) is 10.5 Å². The first-order valence-corrected chi connectivity index (χ1v) is 8.69. The lowest BCUT2D eigenvalue weighted by Gasteiger charge is -2.14. The molecule has 1 aliphatic heterocycles. The third-order valence-electron chi connectivity index (χ3n) is 4.04. The fourth-order valence-corrected chi connectivity index (χ4v) is 2.72. The molecule has 0 unspecified atom stereocenters. The summed E-state index contributed by atoms with van der Waals surface area (Å²) in [6, 6.07) is 8.71. The van der Waals surface area contributed by atoms with Crippen molar-refractivity contribution in [3.05, 3.63) is 35.4 Å². The van der Waals surface area contributed by atoms with Crippen molar-refractivity contribution in [2.24, 2.45) is 10.7 Å². The van der Waals surface area contributed by atoms with E-state index < -0.39 is 0 Å². The van der Waals surface area contributed by atoms with Crippen molar-refractivity contribution in [1.29, 1.82) is 0 Å². The van der Waals surface area contributed by atoms with E-state index in [-0.39, 0.29) is 24.0 Å². The number of hydrogen-bond acceptors (Lipinski definition) is 3. The minimum atomic E-state index is 0. The monoisotopic (exact) mass is 446 g/mol. The minimum Gasteiger partial charge on any atom is -0.382 e. The molecule has 5 nitrogen and oxygen atoms in total. The van der Waals surface area contributed by atoms with Gasteiger partial charge in [-0.3, -0.25) is 4.90 Å². The average Bonchev–Trinajstić information content (AvgIpc) is 3.07. The summed E-state index contributed by atoms with van der Waals surface area (Å²) in [5.74, 6) is 0.502. The Morgan fingerprint density at radius 3 is 2.54 bits per heavy atom. The van der Waals surface area contributed by atoms with E-state index in [2.05, 4.69) is 39.5 Å². The molecular weight excluding hydrogens is 415 g/mol. The Balaban J connectivity index is 0.00000288. The van der Waals surface area contributed by atoms with E-state index in [1.165, 1.54) is 37.1 Å². The number of guanidine groups is 1. The highest BCUT2D eigenvalue weighted by atomic mass is 127. The van der Waals surface area contributed by atoms with Gasteiger partial charge in [0, 0.05) is 26.3 Å².